The van der Waals surface area contributed by atoms with E-state index in [0.29, 0.717) is 11.6 Å². The van der Waals surface area contributed by atoms with Gasteiger partial charge in [-0.25, -0.2) is 14.4 Å². The molecule has 1 atom stereocenters. The van der Waals surface area contributed by atoms with Crippen LogP contribution in [0.5, 0.6) is 11.5 Å². The van der Waals surface area contributed by atoms with Crippen LogP contribution in [0.2, 0.25) is 0 Å². The Morgan fingerprint density at radius 2 is 1.81 bits per heavy atom. The zero-order chi connectivity index (χ0) is 22.3. The first kappa shape index (κ1) is 21.5. The first-order chi connectivity index (χ1) is 15.6. The molecule has 4 aromatic rings. The number of phenolic OH excluding ortho intramolecular Hbond substituents is 1. The van der Waals surface area contributed by atoms with Crippen LogP contribution in [0.15, 0.2) is 72.8 Å². The first-order valence-corrected chi connectivity index (χ1v) is 10.5. The molecule has 3 N–H and O–H groups in total. The van der Waals surface area contributed by atoms with Gasteiger partial charge in [0.1, 0.15) is 23.1 Å². The number of halogens is 1. The van der Waals surface area contributed by atoms with Gasteiger partial charge in [-0.3, -0.25) is 0 Å². The summed E-state index contributed by atoms with van der Waals surface area (Å²) in [6.45, 7) is 1.84. The summed E-state index contributed by atoms with van der Waals surface area (Å²) in [6, 6.07) is 21.4. The maximum Gasteiger partial charge on any atom is 0.165 e. The van der Waals surface area contributed by atoms with Gasteiger partial charge in [0.25, 0.3) is 0 Å². The predicted molar refractivity (Wildman–Crippen MR) is 124 cm³/mol. The molecule has 0 saturated carbocycles. The topological polar surface area (TPSA) is 79.3 Å². The van der Waals surface area contributed by atoms with Crippen LogP contribution in [0.3, 0.4) is 0 Å². The number of benzene rings is 3. The maximum absolute atomic E-state index is 13.6. The number of hydrogen-bond donors (Lipinski definition) is 3. The molecule has 0 unspecified atom stereocenters. The highest BCUT2D eigenvalue weighted by Gasteiger charge is 2.18. The van der Waals surface area contributed by atoms with E-state index in [0.717, 1.165) is 36.2 Å². The van der Waals surface area contributed by atoms with Crippen LogP contribution in [0, 0.1) is 5.82 Å². The van der Waals surface area contributed by atoms with E-state index in [1.54, 1.807) is 7.11 Å². The zero-order valence-electron chi connectivity index (χ0n) is 17.8. The summed E-state index contributed by atoms with van der Waals surface area (Å²) in [7, 11) is 1.66. The number of nitrogens with zero attached hydrogens (tertiary/aromatic N) is 2. The maximum atomic E-state index is 13.6. The van der Waals surface area contributed by atoms with Gasteiger partial charge in [0.05, 0.1) is 18.2 Å². The molecule has 6 nitrogen and oxygen atoms in total. The number of rotatable bonds is 4. The molecule has 1 aromatic heterocycles. The van der Waals surface area contributed by atoms with E-state index in [-0.39, 0.29) is 17.4 Å². The van der Waals surface area contributed by atoms with Crippen molar-refractivity contribution >= 4 is 16.7 Å². The van der Waals surface area contributed by atoms with Crippen molar-refractivity contribution in [2.75, 3.05) is 25.5 Å². The number of phenols is 1. The minimum absolute atomic E-state index is 0.0415. The number of ether oxygens (including phenoxy) is 1. The lowest BCUT2D eigenvalue weighted by Crippen LogP contribution is -2.23. The molecule has 3 aromatic carbocycles. The number of nitrogens with one attached hydrogen (secondary N) is 2. The number of anilines is 1. The van der Waals surface area contributed by atoms with Crippen molar-refractivity contribution in [3.63, 3.8) is 0 Å². The zero-order valence-corrected chi connectivity index (χ0v) is 17.8. The summed E-state index contributed by atoms with van der Waals surface area (Å²) in [6.07, 6.45) is 1.01. The average Bonchev–Trinajstić information content (AvgIpc) is 3.34. The van der Waals surface area contributed by atoms with Gasteiger partial charge in [0, 0.05) is 18.0 Å². The molecule has 0 aliphatic carbocycles. The molecule has 2 heterocycles. The van der Waals surface area contributed by atoms with Crippen molar-refractivity contribution in [3.05, 3.63) is 78.6 Å². The third-order valence-electron chi connectivity index (χ3n) is 5.18. The smallest absolute Gasteiger partial charge is 0.165 e. The van der Waals surface area contributed by atoms with Crippen molar-refractivity contribution in [3.8, 4) is 22.9 Å². The second-order valence-electron chi connectivity index (χ2n) is 7.43. The molecule has 1 aliphatic rings. The Kier molecular flexibility index (Phi) is 6.77. The highest BCUT2D eigenvalue weighted by Crippen LogP contribution is 2.31. The lowest BCUT2D eigenvalue weighted by atomic mass is 10.1. The lowest BCUT2D eigenvalue weighted by molar-refractivity contribution is 0.415. The number of fused-ring (bicyclic) bond motifs is 1. The normalized spacial score (nSPS) is 15.1. The van der Waals surface area contributed by atoms with Gasteiger partial charge in [0.15, 0.2) is 5.82 Å². The predicted octanol–water partition coefficient (Wildman–Crippen LogP) is 4.61. The second kappa shape index (κ2) is 10.1. The van der Waals surface area contributed by atoms with E-state index in [1.165, 1.54) is 18.2 Å². The Morgan fingerprint density at radius 1 is 1.03 bits per heavy atom. The van der Waals surface area contributed by atoms with Crippen LogP contribution >= 0.6 is 0 Å². The van der Waals surface area contributed by atoms with Crippen molar-refractivity contribution in [2.24, 2.45) is 0 Å². The fourth-order valence-electron chi connectivity index (χ4n) is 3.52. The minimum Gasteiger partial charge on any atom is -0.507 e. The van der Waals surface area contributed by atoms with Crippen molar-refractivity contribution in [1.29, 1.82) is 0 Å². The standard InChI is InChI=1S/C18H17FN4O.C7H8O/c19-11-5-6-16(24)14(9-11)18-22-15-4-2-1-3-13(15)17(23-18)21-12-7-8-20-10-12;1-8-7-5-3-2-4-6-7/h1-6,9,12,20,24H,7-8,10H2,(H,21,22,23);2-6H,1H3/t12-;/m0./s1. The number of aromatic hydroxyl groups is 1. The molecule has 164 valence electrons. The van der Waals surface area contributed by atoms with E-state index in [1.807, 2.05) is 54.6 Å². The molecule has 0 spiro atoms. The largest absolute Gasteiger partial charge is 0.507 e. The van der Waals surface area contributed by atoms with E-state index in [2.05, 4.69) is 20.6 Å². The Hall–Kier alpha value is -3.71. The van der Waals surface area contributed by atoms with Crippen LogP contribution in [-0.2, 0) is 0 Å². The van der Waals surface area contributed by atoms with E-state index >= 15 is 0 Å². The molecule has 7 heteroatoms. The molecule has 5 rings (SSSR count). The first-order valence-electron chi connectivity index (χ1n) is 10.5. The Balaban J connectivity index is 0.000000260. The fraction of sp³-hybridized carbons (Fsp3) is 0.200. The van der Waals surface area contributed by atoms with Crippen LogP contribution < -0.4 is 15.4 Å². The monoisotopic (exact) mass is 432 g/mol. The summed E-state index contributed by atoms with van der Waals surface area (Å²) in [5, 5.41) is 17.7. The molecule has 0 amide bonds. The van der Waals surface area contributed by atoms with Gasteiger partial charge in [-0.2, -0.15) is 0 Å². The van der Waals surface area contributed by atoms with Crippen LogP contribution in [0.1, 0.15) is 6.42 Å². The van der Waals surface area contributed by atoms with Gasteiger partial charge in [-0.05, 0) is 55.4 Å². The molecule has 32 heavy (non-hydrogen) atoms. The summed E-state index contributed by atoms with van der Waals surface area (Å²) >= 11 is 0. The van der Waals surface area contributed by atoms with Gasteiger partial charge in [0.2, 0.25) is 0 Å². The molecular formula is C25H25FN4O2. The van der Waals surface area contributed by atoms with Gasteiger partial charge in [-0.1, -0.05) is 30.3 Å². The highest BCUT2D eigenvalue weighted by atomic mass is 19.1. The average molecular weight is 432 g/mol. The minimum atomic E-state index is -0.436. The van der Waals surface area contributed by atoms with E-state index < -0.39 is 5.82 Å². The van der Waals surface area contributed by atoms with E-state index in [4.69, 9.17) is 4.74 Å². The van der Waals surface area contributed by atoms with E-state index in [9.17, 15) is 9.50 Å². The van der Waals surface area contributed by atoms with Crippen molar-refractivity contribution < 1.29 is 14.2 Å². The Labute approximate surface area is 186 Å². The van der Waals surface area contributed by atoms with Crippen LogP contribution in [-0.4, -0.2) is 41.3 Å². The van der Waals surface area contributed by atoms with Gasteiger partial charge >= 0.3 is 0 Å². The number of aromatic nitrogens is 2. The van der Waals surface area contributed by atoms with Crippen molar-refractivity contribution in [2.45, 2.75) is 12.5 Å². The van der Waals surface area contributed by atoms with Gasteiger partial charge in [-0.15, -0.1) is 0 Å². The fourth-order valence-corrected chi connectivity index (χ4v) is 3.52. The Morgan fingerprint density at radius 3 is 2.53 bits per heavy atom. The number of methoxy groups -OCH3 is 1. The quantitative estimate of drug-likeness (QED) is 0.437. The second-order valence-corrected chi connectivity index (χ2v) is 7.43. The SMILES string of the molecule is COc1ccccc1.Oc1ccc(F)cc1-c1nc(N[C@H]2CCNC2)c2ccccc2n1. The van der Waals surface area contributed by atoms with Gasteiger partial charge < -0.3 is 20.5 Å². The molecular weight excluding hydrogens is 407 g/mol. The van der Waals surface area contributed by atoms with Crippen molar-refractivity contribution in [1.82, 2.24) is 15.3 Å². The Bertz CT molecular complexity index is 1180. The highest BCUT2D eigenvalue weighted by molar-refractivity contribution is 5.91. The summed E-state index contributed by atoms with van der Waals surface area (Å²) < 4.78 is 18.5. The third kappa shape index (κ3) is 5.12. The lowest BCUT2D eigenvalue weighted by Gasteiger charge is -2.15. The summed E-state index contributed by atoms with van der Waals surface area (Å²) in [5.74, 6) is 1.44. The summed E-state index contributed by atoms with van der Waals surface area (Å²) in [4.78, 5) is 9.05. The van der Waals surface area contributed by atoms with Crippen LogP contribution in [0.4, 0.5) is 10.2 Å². The molecule has 0 radical (unpaired) electrons. The summed E-state index contributed by atoms with van der Waals surface area (Å²) in [5.41, 5.74) is 1.04. The number of para-hydroxylation sites is 2. The third-order valence-corrected chi connectivity index (χ3v) is 5.18. The molecule has 0 bridgehead atoms. The molecule has 1 saturated heterocycles. The number of hydrogen-bond acceptors (Lipinski definition) is 6. The van der Waals surface area contributed by atoms with Crippen LogP contribution in [0.25, 0.3) is 22.3 Å². The molecule has 1 fully saturated rings. The molecule has 1 aliphatic heterocycles.